The van der Waals surface area contributed by atoms with Crippen molar-refractivity contribution in [3.63, 3.8) is 0 Å². The maximum atomic E-state index is 13.4. The second-order valence-corrected chi connectivity index (χ2v) is 6.54. The Kier molecular flexibility index (Phi) is 7.47. The largest absolute Gasteiger partial charge is 0.309 e. The summed E-state index contributed by atoms with van der Waals surface area (Å²) in [5.74, 6) is 0.924. The molecule has 0 saturated heterocycles. The molecule has 1 rings (SSSR count). The van der Waals surface area contributed by atoms with E-state index in [0.717, 1.165) is 24.3 Å². The second-order valence-electron chi connectivity index (χ2n) is 5.07. The smallest absolute Gasteiger partial charge is 0.126 e. The molecule has 0 saturated carbocycles. The summed E-state index contributed by atoms with van der Waals surface area (Å²) in [6.45, 7) is 9.48. The van der Waals surface area contributed by atoms with Gasteiger partial charge in [0, 0.05) is 17.0 Å². The summed E-state index contributed by atoms with van der Waals surface area (Å²) in [5.41, 5.74) is 1.93. The number of hydrogen-bond acceptors (Lipinski definition) is 2. The Hall–Kier alpha value is -0.540. The first kappa shape index (κ1) is 16.5. The topological polar surface area (TPSA) is 12.0 Å². The van der Waals surface area contributed by atoms with E-state index in [9.17, 15) is 4.39 Å². The van der Waals surface area contributed by atoms with E-state index in [0.29, 0.717) is 11.3 Å². The number of hydrogen-bond donors (Lipinski definition) is 1. The maximum Gasteiger partial charge on any atom is 0.126 e. The lowest BCUT2D eigenvalue weighted by molar-refractivity contribution is 0.571. The van der Waals surface area contributed by atoms with Crippen molar-refractivity contribution in [2.24, 2.45) is 0 Å². The number of thioether (sulfide) groups is 1. The predicted octanol–water partition coefficient (Wildman–Crippen LogP) is 4.71. The molecule has 0 bridgehead atoms. The van der Waals surface area contributed by atoms with E-state index in [4.69, 9.17) is 0 Å². The second kappa shape index (κ2) is 8.60. The van der Waals surface area contributed by atoms with Crippen LogP contribution in [0.2, 0.25) is 0 Å². The van der Waals surface area contributed by atoms with Gasteiger partial charge in [-0.3, -0.25) is 0 Å². The van der Waals surface area contributed by atoms with Crippen LogP contribution in [-0.2, 0) is 0 Å². The Balaban J connectivity index is 2.73. The predicted molar refractivity (Wildman–Crippen MR) is 84.4 cm³/mol. The number of nitrogens with one attached hydrogen (secondary N) is 1. The van der Waals surface area contributed by atoms with Crippen LogP contribution in [-0.4, -0.2) is 17.5 Å². The molecule has 1 aromatic carbocycles. The molecule has 0 spiro atoms. The molecular formula is C16H26FNS. The molecule has 2 atom stereocenters. The van der Waals surface area contributed by atoms with Gasteiger partial charge in [-0.25, -0.2) is 4.39 Å². The minimum absolute atomic E-state index is 0.118. The Morgan fingerprint density at radius 1 is 1.32 bits per heavy atom. The molecule has 108 valence electrons. The van der Waals surface area contributed by atoms with Crippen LogP contribution in [0.5, 0.6) is 0 Å². The molecule has 1 nitrogen and oxygen atoms in total. The molecule has 0 fully saturated rings. The number of benzene rings is 1. The fraction of sp³-hybridized carbons (Fsp3) is 0.625. The number of halogens is 1. The van der Waals surface area contributed by atoms with Crippen molar-refractivity contribution in [2.45, 2.75) is 51.8 Å². The first-order valence-electron chi connectivity index (χ1n) is 7.19. The van der Waals surface area contributed by atoms with Gasteiger partial charge in [0.1, 0.15) is 5.82 Å². The van der Waals surface area contributed by atoms with E-state index in [1.54, 1.807) is 6.07 Å². The summed E-state index contributed by atoms with van der Waals surface area (Å²) in [5, 5.41) is 4.24. The highest BCUT2D eigenvalue weighted by Gasteiger charge is 2.13. The van der Waals surface area contributed by atoms with Crippen molar-refractivity contribution in [1.29, 1.82) is 0 Å². The third-order valence-corrected chi connectivity index (χ3v) is 4.78. The fourth-order valence-electron chi connectivity index (χ4n) is 1.85. The maximum absolute atomic E-state index is 13.4. The Morgan fingerprint density at radius 3 is 2.63 bits per heavy atom. The Morgan fingerprint density at radius 2 is 2.05 bits per heavy atom. The summed E-state index contributed by atoms with van der Waals surface area (Å²) < 4.78 is 13.4. The fourth-order valence-corrected chi connectivity index (χ4v) is 2.92. The molecule has 0 aliphatic rings. The molecule has 0 aliphatic heterocycles. The van der Waals surface area contributed by atoms with E-state index in [2.05, 4.69) is 26.1 Å². The van der Waals surface area contributed by atoms with Gasteiger partial charge in [-0.05, 0) is 43.5 Å². The van der Waals surface area contributed by atoms with Gasteiger partial charge in [-0.1, -0.05) is 32.9 Å². The van der Waals surface area contributed by atoms with Gasteiger partial charge in [0.15, 0.2) is 0 Å². The van der Waals surface area contributed by atoms with Crippen LogP contribution in [0.3, 0.4) is 0 Å². The van der Waals surface area contributed by atoms with Crippen LogP contribution in [0.1, 0.15) is 50.8 Å². The van der Waals surface area contributed by atoms with E-state index < -0.39 is 0 Å². The van der Waals surface area contributed by atoms with Crippen molar-refractivity contribution in [1.82, 2.24) is 5.32 Å². The van der Waals surface area contributed by atoms with Gasteiger partial charge in [-0.15, -0.1) is 0 Å². The van der Waals surface area contributed by atoms with Gasteiger partial charge in [-0.2, -0.15) is 11.8 Å². The molecular weight excluding hydrogens is 257 g/mol. The standard InChI is InChI=1S/C16H26FNS/c1-5-9-18-16(11-19-13(4)6-2)14-7-8-15(17)12(3)10-14/h7-8,10,13,16,18H,5-6,9,11H2,1-4H3. The zero-order valence-corrected chi connectivity index (χ0v) is 13.3. The molecule has 0 heterocycles. The van der Waals surface area contributed by atoms with Crippen LogP contribution in [0.15, 0.2) is 18.2 Å². The summed E-state index contributed by atoms with van der Waals surface area (Å²) >= 11 is 1.98. The first-order valence-corrected chi connectivity index (χ1v) is 8.24. The van der Waals surface area contributed by atoms with Crippen LogP contribution in [0.4, 0.5) is 4.39 Å². The minimum atomic E-state index is -0.118. The lowest BCUT2D eigenvalue weighted by atomic mass is 10.1. The third-order valence-electron chi connectivity index (χ3n) is 3.35. The molecule has 2 unspecified atom stereocenters. The third kappa shape index (κ3) is 5.53. The molecule has 0 amide bonds. The van der Waals surface area contributed by atoms with Crippen LogP contribution in [0.25, 0.3) is 0 Å². The highest BCUT2D eigenvalue weighted by molar-refractivity contribution is 7.99. The SMILES string of the molecule is CCCNC(CSC(C)CC)c1ccc(F)c(C)c1. The van der Waals surface area contributed by atoms with Crippen molar-refractivity contribution < 1.29 is 4.39 Å². The molecule has 19 heavy (non-hydrogen) atoms. The van der Waals surface area contributed by atoms with E-state index in [-0.39, 0.29) is 5.82 Å². The summed E-state index contributed by atoms with van der Waals surface area (Å²) in [6.07, 6.45) is 2.30. The van der Waals surface area contributed by atoms with Gasteiger partial charge in [0.2, 0.25) is 0 Å². The Bertz CT molecular complexity index is 381. The van der Waals surface area contributed by atoms with Gasteiger partial charge in [0.05, 0.1) is 0 Å². The molecule has 1 aromatic rings. The normalized spacial score (nSPS) is 14.4. The summed E-state index contributed by atoms with van der Waals surface area (Å²) in [7, 11) is 0. The number of aryl methyl sites for hydroxylation is 1. The molecule has 0 radical (unpaired) electrons. The number of rotatable bonds is 8. The van der Waals surface area contributed by atoms with Gasteiger partial charge in [0.25, 0.3) is 0 Å². The minimum Gasteiger partial charge on any atom is -0.309 e. The average Bonchev–Trinajstić information content (AvgIpc) is 2.42. The highest BCUT2D eigenvalue weighted by Crippen LogP contribution is 2.24. The van der Waals surface area contributed by atoms with Crippen LogP contribution >= 0.6 is 11.8 Å². The van der Waals surface area contributed by atoms with Crippen LogP contribution in [0, 0.1) is 12.7 Å². The van der Waals surface area contributed by atoms with Crippen molar-refractivity contribution in [2.75, 3.05) is 12.3 Å². The van der Waals surface area contributed by atoms with Gasteiger partial charge >= 0.3 is 0 Å². The van der Waals surface area contributed by atoms with Crippen LogP contribution < -0.4 is 5.32 Å². The van der Waals surface area contributed by atoms with Crippen molar-refractivity contribution in [3.05, 3.63) is 35.1 Å². The lowest BCUT2D eigenvalue weighted by Gasteiger charge is -2.21. The zero-order valence-electron chi connectivity index (χ0n) is 12.5. The van der Waals surface area contributed by atoms with Crippen molar-refractivity contribution in [3.8, 4) is 0 Å². The average molecular weight is 283 g/mol. The van der Waals surface area contributed by atoms with Crippen molar-refractivity contribution >= 4 is 11.8 Å². The van der Waals surface area contributed by atoms with E-state index >= 15 is 0 Å². The highest BCUT2D eigenvalue weighted by atomic mass is 32.2. The monoisotopic (exact) mass is 283 g/mol. The van der Waals surface area contributed by atoms with E-state index in [1.807, 2.05) is 30.8 Å². The molecule has 0 aliphatic carbocycles. The first-order chi connectivity index (χ1) is 9.08. The summed E-state index contributed by atoms with van der Waals surface area (Å²) in [4.78, 5) is 0. The molecule has 1 N–H and O–H groups in total. The quantitative estimate of drug-likeness (QED) is 0.741. The lowest BCUT2D eigenvalue weighted by Crippen LogP contribution is -2.25. The molecule has 0 aromatic heterocycles. The van der Waals surface area contributed by atoms with E-state index in [1.165, 1.54) is 12.0 Å². The summed E-state index contributed by atoms with van der Waals surface area (Å²) in [6, 6.07) is 5.78. The zero-order chi connectivity index (χ0) is 14.3. The Labute approximate surface area is 121 Å². The van der Waals surface area contributed by atoms with Gasteiger partial charge < -0.3 is 5.32 Å². The molecule has 3 heteroatoms.